The normalized spacial score (nSPS) is 14.3. The van der Waals surface area contributed by atoms with Gasteiger partial charge in [0.2, 0.25) is 5.91 Å². The van der Waals surface area contributed by atoms with Crippen molar-refractivity contribution in [3.63, 3.8) is 0 Å². The number of nitrogens with one attached hydrogen (secondary N) is 1. The summed E-state index contributed by atoms with van der Waals surface area (Å²) in [5.74, 6) is -0.233. The zero-order valence-electron chi connectivity index (χ0n) is 11.4. The zero-order chi connectivity index (χ0) is 14.1. The number of carbonyl (C=O) groups excluding carboxylic acids is 1. The van der Waals surface area contributed by atoms with E-state index in [1.165, 1.54) is 18.9 Å². The second kappa shape index (κ2) is 9.22. The van der Waals surface area contributed by atoms with E-state index in [9.17, 15) is 9.59 Å². The van der Waals surface area contributed by atoms with Gasteiger partial charge in [0, 0.05) is 20.1 Å². The molecule has 0 spiro atoms. The molecular weight excluding hydrogens is 254 g/mol. The maximum atomic E-state index is 12.0. The van der Waals surface area contributed by atoms with Gasteiger partial charge in [0.1, 0.15) is 6.04 Å². The van der Waals surface area contributed by atoms with Crippen LogP contribution in [-0.4, -0.2) is 47.7 Å². The van der Waals surface area contributed by atoms with Crippen LogP contribution in [0.5, 0.6) is 0 Å². The van der Waals surface area contributed by atoms with Crippen LogP contribution in [0.2, 0.25) is 0 Å². The monoisotopic (exact) mass is 277 g/mol. The molecule has 0 aliphatic carbocycles. The van der Waals surface area contributed by atoms with Crippen LogP contribution in [0.4, 0.5) is 0 Å². The van der Waals surface area contributed by atoms with Crippen LogP contribution in [0.15, 0.2) is 0 Å². The van der Waals surface area contributed by atoms with E-state index in [1.54, 1.807) is 0 Å². The second-order valence-electron chi connectivity index (χ2n) is 4.30. The number of amides is 1. The number of ether oxygens (including phenoxy) is 1. The summed E-state index contributed by atoms with van der Waals surface area (Å²) in [5.41, 5.74) is 0. The predicted octanol–water partition coefficient (Wildman–Crippen LogP) is 1.37. The van der Waals surface area contributed by atoms with Gasteiger partial charge in [-0.1, -0.05) is 20.8 Å². The SMILES string of the molecule is CCSC(C(=O)NC(CCOC)C(=O)O)C(C)C. The molecule has 0 saturated carbocycles. The van der Waals surface area contributed by atoms with Crippen molar-refractivity contribution in [2.24, 2.45) is 5.92 Å². The Morgan fingerprint density at radius 2 is 2.00 bits per heavy atom. The van der Waals surface area contributed by atoms with Gasteiger partial charge in [-0.2, -0.15) is 0 Å². The van der Waals surface area contributed by atoms with Crippen LogP contribution in [0.1, 0.15) is 27.2 Å². The van der Waals surface area contributed by atoms with Crippen molar-refractivity contribution in [1.29, 1.82) is 0 Å². The summed E-state index contributed by atoms with van der Waals surface area (Å²) < 4.78 is 4.84. The van der Waals surface area contributed by atoms with Crippen molar-refractivity contribution in [3.8, 4) is 0 Å². The summed E-state index contributed by atoms with van der Waals surface area (Å²) in [5, 5.41) is 11.4. The molecule has 2 N–H and O–H groups in total. The van der Waals surface area contributed by atoms with Crippen LogP contribution in [0.3, 0.4) is 0 Å². The van der Waals surface area contributed by atoms with E-state index >= 15 is 0 Å². The van der Waals surface area contributed by atoms with E-state index in [4.69, 9.17) is 9.84 Å². The Bertz CT molecular complexity index is 271. The molecule has 18 heavy (non-hydrogen) atoms. The molecule has 5 nitrogen and oxygen atoms in total. The Balaban J connectivity index is 4.50. The maximum absolute atomic E-state index is 12.0. The molecular formula is C12H23NO4S. The van der Waals surface area contributed by atoms with E-state index in [0.29, 0.717) is 6.61 Å². The lowest BCUT2D eigenvalue weighted by atomic mass is 10.1. The van der Waals surface area contributed by atoms with Gasteiger partial charge in [0.25, 0.3) is 0 Å². The summed E-state index contributed by atoms with van der Waals surface area (Å²) in [6.45, 7) is 6.20. The van der Waals surface area contributed by atoms with Gasteiger partial charge in [-0.15, -0.1) is 11.8 Å². The van der Waals surface area contributed by atoms with Gasteiger partial charge in [0.15, 0.2) is 0 Å². The van der Waals surface area contributed by atoms with Crippen LogP contribution in [0, 0.1) is 5.92 Å². The third-order valence-electron chi connectivity index (χ3n) is 2.44. The van der Waals surface area contributed by atoms with E-state index in [1.807, 2.05) is 20.8 Å². The Morgan fingerprint density at radius 3 is 2.39 bits per heavy atom. The van der Waals surface area contributed by atoms with Gasteiger partial charge in [-0.25, -0.2) is 4.79 Å². The third kappa shape index (κ3) is 6.26. The highest BCUT2D eigenvalue weighted by molar-refractivity contribution is 8.00. The Kier molecular flexibility index (Phi) is 8.83. The molecule has 2 unspecified atom stereocenters. The number of carbonyl (C=O) groups is 2. The quantitative estimate of drug-likeness (QED) is 0.666. The Hall–Kier alpha value is -0.750. The average molecular weight is 277 g/mol. The molecule has 0 aromatic heterocycles. The molecule has 0 saturated heterocycles. The lowest BCUT2D eigenvalue weighted by Gasteiger charge is -2.22. The number of methoxy groups -OCH3 is 1. The predicted molar refractivity (Wildman–Crippen MR) is 72.8 cm³/mol. The number of hydrogen-bond donors (Lipinski definition) is 2. The molecule has 0 aromatic rings. The molecule has 106 valence electrons. The van der Waals surface area contributed by atoms with Gasteiger partial charge in [0.05, 0.1) is 5.25 Å². The van der Waals surface area contributed by atoms with Crippen LogP contribution in [0.25, 0.3) is 0 Å². The van der Waals surface area contributed by atoms with Crippen molar-refractivity contribution in [2.45, 2.75) is 38.5 Å². The number of hydrogen-bond acceptors (Lipinski definition) is 4. The first-order valence-electron chi connectivity index (χ1n) is 6.07. The van der Waals surface area contributed by atoms with Crippen molar-refractivity contribution in [2.75, 3.05) is 19.5 Å². The lowest BCUT2D eigenvalue weighted by molar-refractivity contribution is -0.142. The Labute approximate surface area is 113 Å². The minimum atomic E-state index is -1.02. The summed E-state index contributed by atoms with van der Waals surface area (Å²) in [7, 11) is 1.50. The number of thioether (sulfide) groups is 1. The molecule has 1 amide bonds. The van der Waals surface area contributed by atoms with Crippen molar-refractivity contribution >= 4 is 23.6 Å². The van der Waals surface area contributed by atoms with E-state index in [0.717, 1.165) is 5.75 Å². The largest absolute Gasteiger partial charge is 0.480 e. The molecule has 0 heterocycles. The first-order valence-corrected chi connectivity index (χ1v) is 7.12. The fourth-order valence-corrected chi connectivity index (χ4v) is 2.46. The van der Waals surface area contributed by atoms with Crippen molar-refractivity contribution < 1.29 is 19.4 Å². The molecule has 6 heteroatoms. The molecule has 0 radical (unpaired) electrons. The minimum Gasteiger partial charge on any atom is -0.480 e. The standard InChI is InChI=1S/C12H23NO4S/c1-5-18-10(8(2)3)11(14)13-9(12(15)16)6-7-17-4/h8-10H,5-7H2,1-4H3,(H,13,14)(H,15,16). The third-order valence-corrected chi connectivity index (χ3v) is 3.89. The summed E-state index contributed by atoms with van der Waals surface area (Å²) >= 11 is 1.53. The van der Waals surface area contributed by atoms with Crippen LogP contribution >= 0.6 is 11.8 Å². The van der Waals surface area contributed by atoms with Crippen LogP contribution < -0.4 is 5.32 Å². The number of aliphatic carboxylic acids is 1. The van der Waals surface area contributed by atoms with Gasteiger partial charge in [-0.05, 0) is 11.7 Å². The number of rotatable bonds is 9. The first kappa shape index (κ1) is 17.2. The fourth-order valence-electron chi connectivity index (χ4n) is 1.50. The topological polar surface area (TPSA) is 75.6 Å². The average Bonchev–Trinajstić information content (AvgIpc) is 2.30. The van der Waals surface area contributed by atoms with E-state index in [-0.39, 0.29) is 23.5 Å². The van der Waals surface area contributed by atoms with Gasteiger partial charge < -0.3 is 15.2 Å². The molecule has 2 atom stereocenters. The molecule has 0 fully saturated rings. The minimum absolute atomic E-state index is 0.173. The lowest BCUT2D eigenvalue weighted by Crippen LogP contribution is -2.46. The fraction of sp³-hybridized carbons (Fsp3) is 0.833. The summed E-state index contributed by atoms with van der Waals surface area (Å²) in [4.78, 5) is 23.0. The molecule has 0 aromatic carbocycles. The highest BCUT2D eigenvalue weighted by Gasteiger charge is 2.26. The highest BCUT2D eigenvalue weighted by atomic mass is 32.2. The first-order chi connectivity index (χ1) is 8.43. The second-order valence-corrected chi connectivity index (χ2v) is 5.72. The van der Waals surface area contributed by atoms with Gasteiger partial charge >= 0.3 is 5.97 Å². The molecule has 0 rings (SSSR count). The Morgan fingerprint density at radius 1 is 1.39 bits per heavy atom. The van der Waals surface area contributed by atoms with Crippen molar-refractivity contribution in [3.05, 3.63) is 0 Å². The smallest absolute Gasteiger partial charge is 0.326 e. The number of carboxylic acids is 1. The molecule has 0 bridgehead atoms. The molecule has 0 aliphatic heterocycles. The van der Waals surface area contributed by atoms with E-state index in [2.05, 4.69) is 5.32 Å². The van der Waals surface area contributed by atoms with Crippen molar-refractivity contribution in [1.82, 2.24) is 5.32 Å². The van der Waals surface area contributed by atoms with Crippen LogP contribution in [-0.2, 0) is 14.3 Å². The highest BCUT2D eigenvalue weighted by Crippen LogP contribution is 2.19. The van der Waals surface area contributed by atoms with E-state index < -0.39 is 12.0 Å². The zero-order valence-corrected chi connectivity index (χ0v) is 12.3. The summed E-state index contributed by atoms with van der Waals surface area (Å²) in [6.07, 6.45) is 0.277. The maximum Gasteiger partial charge on any atom is 0.326 e. The number of carboxylic acid groups (broad SMARTS) is 1. The summed E-state index contributed by atoms with van der Waals surface area (Å²) in [6, 6.07) is -0.879. The van der Waals surface area contributed by atoms with Gasteiger partial charge in [-0.3, -0.25) is 4.79 Å². The molecule has 0 aliphatic rings.